The number of nitrogens with zero attached hydrogens (tertiary/aromatic N) is 4. The van der Waals surface area contributed by atoms with Crippen LogP contribution in [0.4, 0.5) is 5.82 Å². The molecule has 0 unspecified atom stereocenters. The zero-order valence-electron chi connectivity index (χ0n) is 18.5. The van der Waals surface area contributed by atoms with E-state index in [2.05, 4.69) is 28.3 Å². The Morgan fingerprint density at radius 2 is 1.97 bits per heavy atom. The van der Waals surface area contributed by atoms with Gasteiger partial charge in [-0.25, -0.2) is 9.97 Å². The standard InChI is InChI=1S/C22H33N5O2S/c1-16-14-20(27(4)17-8-6-5-7-9-17)25-22(24-16)30-15-18-10-11-19(29-18)21(28)23-12-13-26(2)3/h10-11,14,17H,5-9,12-13,15H2,1-4H3,(H,23,28). The summed E-state index contributed by atoms with van der Waals surface area (Å²) in [5.41, 5.74) is 0.963. The van der Waals surface area contributed by atoms with Crippen molar-refractivity contribution in [3.63, 3.8) is 0 Å². The first kappa shape index (κ1) is 22.6. The molecule has 0 radical (unpaired) electrons. The lowest BCUT2D eigenvalue weighted by Crippen LogP contribution is -2.34. The number of anilines is 1. The second-order valence-electron chi connectivity index (χ2n) is 8.17. The van der Waals surface area contributed by atoms with Gasteiger partial charge in [0.1, 0.15) is 11.6 Å². The lowest BCUT2D eigenvalue weighted by molar-refractivity contribution is 0.0922. The molecule has 1 amide bonds. The summed E-state index contributed by atoms with van der Waals surface area (Å²) < 4.78 is 5.72. The molecule has 7 nitrogen and oxygen atoms in total. The van der Waals surface area contributed by atoms with E-state index in [0.29, 0.717) is 24.1 Å². The molecule has 3 rings (SSSR count). The van der Waals surface area contributed by atoms with Crippen LogP contribution in [0.15, 0.2) is 27.8 Å². The number of amides is 1. The highest BCUT2D eigenvalue weighted by Gasteiger charge is 2.20. The molecule has 0 bridgehead atoms. The largest absolute Gasteiger partial charge is 0.455 e. The number of rotatable bonds is 9. The van der Waals surface area contributed by atoms with Gasteiger partial charge in [-0.1, -0.05) is 31.0 Å². The minimum absolute atomic E-state index is 0.184. The molecule has 8 heteroatoms. The highest BCUT2D eigenvalue weighted by molar-refractivity contribution is 7.98. The third kappa shape index (κ3) is 6.47. The van der Waals surface area contributed by atoms with Gasteiger partial charge in [-0.05, 0) is 46.0 Å². The monoisotopic (exact) mass is 431 g/mol. The average Bonchev–Trinajstić information content (AvgIpc) is 3.21. The highest BCUT2D eigenvalue weighted by atomic mass is 32.2. The summed E-state index contributed by atoms with van der Waals surface area (Å²) in [6.07, 6.45) is 6.39. The van der Waals surface area contributed by atoms with Crippen LogP contribution in [0, 0.1) is 6.92 Å². The molecule has 0 saturated heterocycles. The van der Waals surface area contributed by atoms with Crippen molar-refractivity contribution >= 4 is 23.5 Å². The molecule has 30 heavy (non-hydrogen) atoms. The van der Waals surface area contributed by atoms with E-state index in [0.717, 1.165) is 29.0 Å². The van der Waals surface area contributed by atoms with E-state index in [1.165, 1.54) is 43.9 Å². The summed E-state index contributed by atoms with van der Waals surface area (Å²) in [6.45, 7) is 3.38. The number of hydrogen-bond acceptors (Lipinski definition) is 7. The third-order valence-electron chi connectivity index (χ3n) is 5.38. The van der Waals surface area contributed by atoms with Gasteiger partial charge in [0, 0.05) is 37.9 Å². The van der Waals surface area contributed by atoms with E-state index in [1.807, 2.05) is 32.0 Å². The maximum atomic E-state index is 12.2. The Balaban J connectivity index is 1.57. The van der Waals surface area contributed by atoms with Crippen molar-refractivity contribution in [2.75, 3.05) is 39.1 Å². The molecule has 2 heterocycles. The molecule has 0 aliphatic heterocycles. The van der Waals surface area contributed by atoms with Gasteiger partial charge in [-0.15, -0.1) is 0 Å². The second-order valence-corrected chi connectivity index (χ2v) is 9.11. The Labute approximate surface area is 183 Å². The van der Waals surface area contributed by atoms with Gasteiger partial charge < -0.3 is 19.5 Å². The number of thioether (sulfide) groups is 1. The second kappa shape index (κ2) is 10.8. The van der Waals surface area contributed by atoms with E-state index in [9.17, 15) is 4.79 Å². The fourth-order valence-electron chi connectivity index (χ4n) is 3.62. The van der Waals surface area contributed by atoms with Crippen LogP contribution in [0.2, 0.25) is 0 Å². The highest BCUT2D eigenvalue weighted by Crippen LogP contribution is 2.28. The maximum absolute atomic E-state index is 12.2. The van der Waals surface area contributed by atoms with Gasteiger partial charge in [-0.3, -0.25) is 4.79 Å². The first-order chi connectivity index (χ1) is 14.4. The summed E-state index contributed by atoms with van der Waals surface area (Å²) in [5.74, 6) is 2.46. The Morgan fingerprint density at radius 3 is 2.70 bits per heavy atom. The van der Waals surface area contributed by atoms with Crippen LogP contribution >= 0.6 is 11.8 Å². The predicted octanol–water partition coefficient (Wildman–Crippen LogP) is 3.73. The predicted molar refractivity (Wildman–Crippen MR) is 121 cm³/mol. The van der Waals surface area contributed by atoms with E-state index in [1.54, 1.807) is 6.07 Å². The van der Waals surface area contributed by atoms with Crippen molar-refractivity contribution in [2.45, 2.75) is 56.0 Å². The molecular formula is C22H33N5O2S. The minimum Gasteiger partial charge on any atom is -0.455 e. The molecule has 1 fully saturated rings. The van der Waals surface area contributed by atoms with E-state index < -0.39 is 0 Å². The van der Waals surface area contributed by atoms with Gasteiger partial charge in [-0.2, -0.15) is 0 Å². The molecule has 1 N–H and O–H groups in total. The molecule has 0 spiro atoms. The number of aromatic nitrogens is 2. The Morgan fingerprint density at radius 1 is 1.20 bits per heavy atom. The van der Waals surface area contributed by atoms with Crippen molar-refractivity contribution in [3.05, 3.63) is 35.4 Å². The third-order valence-corrected chi connectivity index (χ3v) is 6.25. The molecule has 0 aromatic carbocycles. The summed E-state index contributed by atoms with van der Waals surface area (Å²) >= 11 is 1.53. The maximum Gasteiger partial charge on any atom is 0.287 e. The fourth-order valence-corrected chi connectivity index (χ4v) is 4.41. The first-order valence-electron chi connectivity index (χ1n) is 10.7. The summed E-state index contributed by atoms with van der Waals surface area (Å²) in [5, 5.41) is 3.60. The van der Waals surface area contributed by atoms with Crippen molar-refractivity contribution in [2.24, 2.45) is 0 Å². The van der Waals surface area contributed by atoms with E-state index >= 15 is 0 Å². The molecule has 0 atom stereocenters. The van der Waals surface area contributed by atoms with Crippen LogP contribution < -0.4 is 10.2 Å². The van der Waals surface area contributed by atoms with Gasteiger partial charge in [0.2, 0.25) is 0 Å². The van der Waals surface area contributed by atoms with Crippen LogP contribution in [0.25, 0.3) is 0 Å². The Bertz CT molecular complexity index is 833. The van der Waals surface area contributed by atoms with Crippen molar-refractivity contribution in [3.8, 4) is 0 Å². The van der Waals surface area contributed by atoms with Gasteiger partial charge in [0.15, 0.2) is 10.9 Å². The number of hydrogen-bond donors (Lipinski definition) is 1. The SMILES string of the molecule is Cc1cc(N(C)C2CCCCC2)nc(SCc2ccc(C(=O)NCCN(C)C)o2)n1. The number of carbonyl (C=O) groups excluding carboxylic acids is 1. The lowest BCUT2D eigenvalue weighted by atomic mass is 9.94. The molecule has 1 saturated carbocycles. The van der Waals surface area contributed by atoms with Crippen LogP contribution in [0.5, 0.6) is 0 Å². The summed E-state index contributed by atoms with van der Waals surface area (Å²) in [6, 6.07) is 6.19. The minimum atomic E-state index is -0.184. The van der Waals surface area contributed by atoms with Crippen LogP contribution in [0.1, 0.15) is 54.1 Å². The molecule has 2 aromatic heterocycles. The number of likely N-dealkylation sites (N-methyl/N-ethyl adjacent to an activating group) is 1. The zero-order valence-corrected chi connectivity index (χ0v) is 19.3. The first-order valence-corrected chi connectivity index (χ1v) is 11.6. The molecule has 164 valence electrons. The van der Waals surface area contributed by atoms with Crippen molar-refractivity contribution < 1.29 is 9.21 Å². The topological polar surface area (TPSA) is 74.5 Å². The van der Waals surface area contributed by atoms with E-state index in [4.69, 9.17) is 9.40 Å². The normalized spacial score (nSPS) is 14.8. The molecule has 2 aromatic rings. The van der Waals surface area contributed by atoms with Crippen LogP contribution in [-0.2, 0) is 5.75 Å². The quantitative estimate of drug-likeness (QED) is 0.479. The fraction of sp³-hybridized carbons (Fsp3) is 0.591. The summed E-state index contributed by atoms with van der Waals surface area (Å²) in [4.78, 5) is 25.8. The zero-order chi connectivity index (χ0) is 21.5. The molecule has 1 aliphatic carbocycles. The number of nitrogens with one attached hydrogen (secondary N) is 1. The van der Waals surface area contributed by atoms with Crippen molar-refractivity contribution in [1.82, 2.24) is 20.2 Å². The molecule has 1 aliphatic rings. The smallest absolute Gasteiger partial charge is 0.287 e. The van der Waals surface area contributed by atoms with Crippen LogP contribution in [0.3, 0.4) is 0 Å². The average molecular weight is 432 g/mol. The number of furan rings is 1. The van der Waals surface area contributed by atoms with Crippen LogP contribution in [-0.4, -0.2) is 61.0 Å². The van der Waals surface area contributed by atoms with Gasteiger partial charge >= 0.3 is 0 Å². The lowest BCUT2D eigenvalue weighted by Gasteiger charge is -2.32. The van der Waals surface area contributed by atoms with Crippen molar-refractivity contribution in [1.29, 1.82) is 0 Å². The van der Waals surface area contributed by atoms with Gasteiger partial charge in [0.25, 0.3) is 5.91 Å². The van der Waals surface area contributed by atoms with E-state index in [-0.39, 0.29) is 5.91 Å². The van der Waals surface area contributed by atoms with Gasteiger partial charge in [0.05, 0.1) is 5.75 Å². The Kier molecular flexibility index (Phi) is 8.16. The number of carbonyl (C=O) groups is 1. The molecular weight excluding hydrogens is 398 g/mol. The Hall–Kier alpha value is -2.06. The number of aryl methyl sites for hydroxylation is 1. The summed E-state index contributed by atoms with van der Waals surface area (Å²) in [7, 11) is 6.08.